The van der Waals surface area contributed by atoms with Crippen LogP contribution in [-0.4, -0.2) is 78.4 Å². The Labute approximate surface area is 280 Å². The van der Waals surface area contributed by atoms with Gasteiger partial charge in [0, 0.05) is 48.0 Å². The molecule has 1 fully saturated rings. The Balaban J connectivity index is 1.09. The molecule has 1 saturated heterocycles. The minimum absolute atomic E-state index is 0.00264. The van der Waals surface area contributed by atoms with Gasteiger partial charge >= 0.3 is 6.03 Å². The number of nitrogens with one attached hydrogen (secondary N) is 2. The number of hydrogen-bond donors (Lipinski definition) is 2. The van der Waals surface area contributed by atoms with Crippen molar-refractivity contribution in [2.75, 3.05) is 57.2 Å². The highest BCUT2D eigenvalue weighted by Gasteiger charge is 2.23. The molecule has 0 spiro atoms. The van der Waals surface area contributed by atoms with Gasteiger partial charge in [-0.3, -0.25) is 10.2 Å². The molecule has 11 nitrogen and oxygen atoms in total. The Kier molecular flexibility index (Phi) is 10.1. The summed E-state index contributed by atoms with van der Waals surface area (Å²) in [5, 5.41) is 12.6. The van der Waals surface area contributed by atoms with Crippen molar-refractivity contribution in [2.24, 2.45) is 0 Å². The summed E-state index contributed by atoms with van der Waals surface area (Å²) >= 11 is 0. The van der Waals surface area contributed by atoms with Gasteiger partial charge in [-0.1, -0.05) is 63.2 Å². The topological polar surface area (TPSA) is 112 Å². The van der Waals surface area contributed by atoms with Gasteiger partial charge in [-0.15, -0.1) is 0 Å². The van der Waals surface area contributed by atoms with E-state index < -0.39 is 6.03 Å². The number of para-hydroxylation sites is 1. The van der Waals surface area contributed by atoms with Crippen molar-refractivity contribution in [2.45, 2.75) is 32.3 Å². The van der Waals surface area contributed by atoms with Crippen LogP contribution in [0.3, 0.4) is 0 Å². The maximum Gasteiger partial charge on any atom is 0.324 e. The van der Waals surface area contributed by atoms with Crippen molar-refractivity contribution < 1.29 is 23.7 Å². The summed E-state index contributed by atoms with van der Waals surface area (Å²) in [5.74, 6) is 2.61. The van der Waals surface area contributed by atoms with Crippen molar-refractivity contribution >= 4 is 28.3 Å². The molecular weight excluding hydrogens is 608 g/mol. The molecule has 11 heteroatoms. The molecule has 2 aromatic heterocycles. The summed E-state index contributed by atoms with van der Waals surface area (Å²) in [5.41, 5.74) is 1.96. The number of anilines is 2. The van der Waals surface area contributed by atoms with E-state index in [0.29, 0.717) is 42.9 Å². The number of morpholine rings is 1. The first kappa shape index (κ1) is 32.8. The van der Waals surface area contributed by atoms with E-state index in [0.717, 1.165) is 47.6 Å². The molecule has 1 aliphatic rings. The molecule has 6 rings (SSSR count). The largest absolute Gasteiger partial charge is 0.492 e. The molecule has 1 atom stereocenters. The van der Waals surface area contributed by atoms with Gasteiger partial charge in [0.15, 0.2) is 0 Å². The highest BCUT2D eigenvalue weighted by atomic mass is 16.5. The average Bonchev–Trinajstić information content (AvgIpc) is 3.53. The van der Waals surface area contributed by atoms with Crippen LogP contribution in [0.4, 0.5) is 16.3 Å². The van der Waals surface area contributed by atoms with Crippen LogP contribution in [-0.2, 0) is 10.2 Å². The molecule has 0 aliphatic carbocycles. The number of hydrogen-bond acceptors (Lipinski definition) is 8. The first-order valence-corrected chi connectivity index (χ1v) is 16.1. The lowest BCUT2D eigenvalue weighted by molar-refractivity contribution is -0.0501. The van der Waals surface area contributed by atoms with E-state index in [-0.39, 0.29) is 11.5 Å². The highest BCUT2D eigenvalue weighted by molar-refractivity contribution is 6.07. The highest BCUT2D eigenvalue weighted by Crippen LogP contribution is 2.32. The summed E-state index contributed by atoms with van der Waals surface area (Å²) in [6, 6.07) is 26.5. The Morgan fingerprint density at radius 3 is 2.50 bits per heavy atom. The number of pyridine rings is 1. The number of nitrogens with zero attached hydrogens (tertiary/aromatic N) is 4. The third-order valence-corrected chi connectivity index (χ3v) is 8.09. The molecule has 1 unspecified atom stereocenters. The van der Waals surface area contributed by atoms with Crippen molar-refractivity contribution in [3.05, 3.63) is 96.8 Å². The quantitative estimate of drug-likeness (QED) is 0.166. The standard InChI is InChI=1S/C37H42N6O5/c1-37(2,3)33-22-34(43(41-33)26-14-17-35(45-4)38-23-26)40-36(44)39-31-15-16-32(30-13-9-8-12-29(30)31)47-21-19-42-18-20-46-28(24-42)25-48-27-10-6-5-7-11-27/h5-17,22-23,28H,18-21,24-25H2,1-4H3,(H2,39,40,44). The molecule has 48 heavy (non-hydrogen) atoms. The van der Waals surface area contributed by atoms with Gasteiger partial charge in [0.25, 0.3) is 0 Å². The van der Waals surface area contributed by atoms with E-state index in [4.69, 9.17) is 24.0 Å². The zero-order valence-electron chi connectivity index (χ0n) is 27.8. The molecule has 2 amide bonds. The Morgan fingerprint density at radius 1 is 0.958 bits per heavy atom. The summed E-state index contributed by atoms with van der Waals surface area (Å²) in [7, 11) is 1.57. The SMILES string of the molecule is COc1ccc(-n2nc(C(C)(C)C)cc2NC(=O)Nc2ccc(OCCN3CCOC(COc4ccccc4)C3)c3ccccc23)cn1. The maximum absolute atomic E-state index is 13.4. The van der Waals surface area contributed by atoms with Crippen LogP contribution < -0.4 is 24.8 Å². The van der Waals surface area contributed by atoms with Gasteiger partial charge in [0.1, 0.15) is 36.6 Å². The minimum atomic E-state index is -0.394. The second-order valence-corrected chi connectivity index (χ2v) is 12.6. The first-order valence-electron chi connectivity index (χ1n) is 16.1. The third kappa shape index (κ3) is 8.04. The summed E-state index contributed by atoms with van der Waals surface area (Å²) in [6.45, 7) is 10.3. The van der Waals surface area contributed by atoms with E-state index in [2.05, 4.69) is 41.3 Å². The van der Waals surface area contributed by atoms with Crippen molar-refractivity contribution in [3.8, 4) is 23.1 Å². The Hall–Kier alpha value is -5.13. The molecule has 0 radical (unpaired) electrons. The molecule has 250 valence electrons. The molecule has 1 aliphatic heterocycles. The molecule has 3 aromatic carbocycles. The van der Waals surface area contributed by atoms with Crippen molar-refractivity contribution in [3.63, 3.8) is 0 Å². The Morgan fingerprint density at radius 2 is 1.75 bits per heavy atom. The number of benzene rings is 3. The normalized spacial score (nSPS) is 15.2. The monoisotopic (exact) mass is 650 g/mol. The van der Waals surface area contributed by atoms with Crippen LogP contribution in [0.25, 0.3) is 16.5 Å². The third-order valence-electron chi connectivity index (χ3n) is 8.09. The zero-order chi connectivity index (χ0) is 33.5. The molecule has 0 bridgehead atoms. The fourth-order valence-corrected chi connectivity index (χ4v) is 5.50. The van der Waals surface area contributed by atoms with E-state index in [9.17, 15) is 4.79 Å². The van der Waals surface area contributed by atoms with Crippen LogP contribution in [0.15, 0.2) is 91.1 Å². The predicted molar refractivity (Wildman–Crippen MR) is 187 cm³/mol. The molecule has 3 heterocycles. The van der Waals surface area contributed by atoms with Crippen molar-refractivity contribution in [1.29, 1.82) is 0 Å². The smallest absolute Gasteiger partial charge is 0.324 e. The van der Waals surface area contributed by atoms with Crippen molar-refractivity contribution in [1.82, 2.24) is 19.7 Å². The lowest BCUT2D eigenvalue weighted by Gasteiger charge is -2.32. The Bertz CT molecular complexity index is 1820. The van der Waals surface area contributed by atoms with E-state index >= 15 is 0 Å². The maximum atomic E-state index is 13.4. The molecule has 0 saturated carbocycles. The fraction of sp³-hybridized carbons (Fsp3) is 0.324. The van der Waals surface area contributed by atoms with Crippen LogP contribution in [0.2, 0.25) is 0 Å². The van der Waals surface area contributed by atoms with Gasteiger partial charge in [0.05, 0.1) is 37.0 Å². The average molecular weight is 651 g/mol. The lowest BCUT2D eigenvalue weighted by atomic mass is 9.92. The zero-order valence-corrected chi connectivity index (χ0v) is 27.8. The van der Waals surface area contributed by atoms with Crippen LogP contribution >= 0.6 is 0 Å². The van der Waals surface area contributed by atoms with Crippen LogP contribution in [0.1, 0.15) is 26.5 Å². The predicted octanol–water partition coefficient (Wildman–Crippen LogP) is 6.53. The summed E-state index contributed by atoms with van der Waals surface area (Å²) in [4.78, 5) is 20.0. The van der Waals surface area contributed by atoms with Gasteiger partial charge in [-0.25, -0.2) is 14.5 Å². The number of carbonyl (C=O) groups excluding carboxylic acids is 1. The number of carbonyl (C=O) groups is 1. The van der Waals surface area contributed by atoms with Gasteiger partial charge in [-0.05, 0) is 30.3 Å². The molecule has 5 aromatic rings. The van der Waals surface area contributed by atoms with Gasteiger partial charge in [-0.2, -0.15) is 5.10 Å². The molecular formula is C37H42N6O5. The second-order valence-electron chi connectivity index (χ2n) is 12.6. The molecule has 2 N–H and O–H groups in total. The number of aromatic nitrogens is 3. The summed E-state index contributed by atoms with van der Waals surface area (Å²) < 4.78 is 25.0. The lowest BCUT2D eigenvalue weighted by Crippen LogP contribution is -2.46. The number of fused-ring (bicyclic) bond motifs is 1. The van der Waals surface area contributed by atoms with Gasteiger partial charge in [0.2, 0.25) is 5.88 Å². The van der Waals surface area contributed by atoms with Gasteiger partial charge < -0.3 is 24.3 Å². The number of ether oxygens (including phenoxy) is 4. The fourth-order valence-electron chi connectivity index (χ4n) is 5.50. The number of amides is 2. The van der Waals surface area contributed by atoms with Crippen LogP contribution in [0.5, 0.6) is 17.4 Å². The summed E-state index contributed by atoms with van der Waals surface area (Å²) in [6.07, 6.45) is 1.66. The van der Waals surface area contributed by atoms with Crippen LogP contribution in [0, 0.1) is 0 Å². The van der Waals surface area contributed by atoms with E-state index in [1.807, 2.05) is 78.9 Å². The minimum Gasteiger partial charge on any atom is -0.492 e. The second kappa shape index (κ2) is 14.7. The first-order chi connectivity index (χ1) is 23.3. The number of methoxy groups -OCH3 is 1. The number of rotatable bonds is 11. The van der Waals surface area contributed by atoms with E-state index in [1.165, 1.54) is 0 Å². The van der Waals surface area contributed by atoms with E-state index in [1.54, 1.807) is 24.1 Å². The number of urea groups is 1.